The summed E-state index contributed by atoms with van der Waals surface area (Å²) in [5.41, 5.74) is 3.07. The average molecular weight is 236 g/mol. The van der Waals surface area contributed by atoms with Crippen molar-refractivity contribution in [2.75, 3.05) is 0 Å². The van der Waals surface area contributed by atoms with Crippen LogP contribution in [-0.4, -0.2) is 20.8 Å². The zero-order valence-corrected chi connectivity index (χ0v) is 10.4. The summed E-state index contributed by atoms with van der Waals surface area (Å²) in [6, 6.07) is 0.504. The topological polar surface area (TPSA) is 42.7 Å². The third kappa shape index (κ3) is 3.15. The van der Waals surface area contributed by atoms with Gasteiger partial charge in [-0.25, -0.2) is 0 Å². The van der Waals surface area contributed by atoms with Crippen molar-refractivity contribution >= 4 is 11.3 Å². The minimum atomic E-state index is 0.504. The minimum absolute atomic E-state index is 0.504. The van der Waals surface area contributed by atoms with Crippen LogP contribution in [0, 0.1) is 0 Å². The normalized spacial score (nSPS) is 11.2. The molecule has 0 atom stereocenters. The van der Waals surface area contributed by atoms with Gasteiger partial charge in [-0.1, -0.05) is 13.8 Å². The van der Waals surface area contributed by atoms with Crippen LogP contribution in [0.5, 0.6) is 0 Å². The molecule has 0 amide bonds. The summed E-state index contributed by atoms with van der Waals surface area (Å²) >= 11 is 1.66. The molecule has 0 fully saturated rings. The number of hydrogen-bond acceptors (Lipinski definition) is 4. The molecule has 4 nitrogen and oxygen atoms in total. The first kappa shape index (κ1) is 11.3. The van der Waals surface area contributed by atoms with E-state index in [9.17, 15) is 0 Å². The van der Waals surface area contributed by atoms with Crippen LogP contribution in [0.25, 0.3) is 0 Å². The first-order chi connectivity index (χ1) is 7.74. The van der Waals surface area contributed by atoms with E-state index in [1.807, 2.05) is 22.6 Å². The Morgan fingerprint density at radius 2 is 2.31 bits per heavy atom. The van der Waals surface area contributed by atoms with Crippen LogP contribution in [0.4, 0.5) is 0 Å². The van der Waals surface area contributed by atoms with E-state index >= 15 is 0 Å². The van der Waals surface area contributed by atoms with Gasteiger partial charge in [0.2, 0.25) is 0 Å². The first-order valence-electron chi connectivity index (χ1n) is 5.36. The zero-order valence-electron chi connectivity index (χ0n) is 9.55. The Labute approximate surface area is 99.3 Å². The van der Waals surface area contributed by atoms with Gasteiger partial charge in [-0.05, 0) is 0 Å². The second kappa shape index (κ2) is 5.23. The Bertz CT molecular complexity index is 419. The van der Waals surface area contributed by atoms with Crippen molar-refractivity contribution in [3.63, 3.8) is 0 Å². The maximum atomic E-state index is 4.32. The Morgan fingerprint density at radius 3 is 3.00 bits per heavy atom. The molecule has 2 rings (SSSR count). The van der Waals surface area contributed by atoms with Gasteiger partial charge in [0.05, 0.1) is 18.3 Å². The van der Waals surface area contributed by atoms with E-state index in [0.717, 1.165) is 13.1 Å². The summed E-state index contributed by atoms with van der Waals surface area (Å²) in [5, 5.41) is 7.70. The van der Waals surface area contributed by atoms with Crippen molar-refractivity contribution in [3.8, 4) is 0 Å². The van der Waals surface area contributed by atoms with Crippen LogP contribution in [0.3, 0.4) is 0 Å². The maximum absolute atomic E-state index is 4.32. The predicted octanol–water partition coefficient (Wildman–Crippen LogP) is 1.89. The van der Waals surface area contributed by atoms with Crippen molar-refractivity contribution in [1.82, 2.24) is 20.1 Å². The Hall–Kier alpha value is -1.20. The molecule has 2 aromatic rings. The molecule has 0 aliphatic rings. The Morgan fingerprint density at radius 1 is 1.44 bits per heavy atom. The zero-order chi connectivity index (χ0) is 11.4. The van der Waals surface area contributed by atoms with Crippen molar-refractivity contribution in [1.29, 1.82) is 0 Å². The summed E-state index contributed by atoms with van der Waals surface area (Å²) in [7, 11) is 0. The molecule has 0 unspecified atom stereocenters. The van der Waals surface area contributed by atoms with Crippen molar-refractivity contribution < 1.29 is 0 Å². The number of aromatic nitrogens is 3. The molecule has 1 N–H and O–H groups in total. The molecule has 0 bridgehead atoms. The lowest BCUT2D eigenvalue weighted by Gasteiger charge is -2.05. The van der Waals surface area contributed by atoms with Gasteiger partial charge in [0.1, 0.15) is 0 Å². The van der Waals surface area contributed by atoms with E-state index in [1.165, 1.54) is 10.4 Å². The average Bonchev–Trinajstić information content (AvgIpc) is 2.87. The molecular weight excluding hydrogens is 220 g/mol. The van der Waals surface area contributed by atoms with Crippen molar-refractivity contribution in [3.05, 3.63) is 34.5 Å². The lowest BCUT2D eigenvalue weighted by atomic mass is 10.3. The molecule has 0 radical (unpaired) electrons. The van der Waals surface area contributed by atoms with Crippen LogP contribution in [0.1, 0.15) is 24.3 Å². The highest BCUT2D eigenvalue weighted by Crippen LogP contribution is 2.08. The quantitative estimate of drug-likeness (QED) is 0.862. The molecule has 2 heterocycles. The van der Waals surface area contributed by atoms with E-state index in [4.69, 9.17) is 0 Å². The summed E-state index contributed by atoms with van der Waals surface area (Å²) in [6.45, 7) is 5.97. The van der Waals surface area contributed by atoms with Gasteiger partial charge in [0.15, 0.2) is 0 Å². The molecule has 0 saturated carbocycles. The summed E-state index contributed by atoms with van der Waals surface area (Å²) in [5.74, 6) is 0. The fraction of sp³-hybridized carbons (Fsp3) is 0.455. The first-order valence-corrected chi connectivity index (χ1v) is 6.24. The third-order valence-electron chi connectivity index (χ3n) is 2.20. The highest BCUT2D eigenvalue weighted by atomic mass is 32.1. The van der Waals surface area contributed by atoms with Crippen LogP contribution in [0.15, 0.2) is 24.1 Å². The van der Waals surface area contributed by atoms with Crippen molar-refractivity contribution in [2.45, 2.75) is 33.0 Å². The molecule has 0 aliphatic heterocycles. The fourth-order valence-corrected chi connectivity index (χ4v) is 1.97. The second-order valence-electron chi connectivity index (χ2n) is 4.05. The van der Waals surface area contributed by atoms with E-state index in [1.54, 1.807) is 11.3 Å². The highest BCUT2D eigenvalue weighted by molar-refractivity contribution is 7.09. The predicted molar refractivity (Wildman–Crippen MR) is 65.4 cm³/mol. The van der Waals surface area contributed by atoms with Gasteiger partial charge >= 0.3 is 0 Å². The number of thiazole rings is 1. The standard InChI is InChI=1S/C11H16N4S/c1-9(2)13-3-10-4-14-15(6-10)7-11-5-12-8-16-11/h4-6,8-9,13H,3,7H2,1-2H3. The van der Waals surface area contributed by atoms with Crippen molar-refractivity contribution in [2.24, 2.45) is 0 Å². The third-order valence-corrected chi connectivity index (χ3v) is 2.97. The SMILES string of the molecule is CC(C)NCc1cnn(Cc2cncs2)c1. The van der Waals surface area contributed by atoms with Gasteiger partial charge in [-0.2, -0.15) is 5.10 Å². The highest BCUT2D eigenvalue weighted by Gasteiger charge is 2.01. The number of rotatable bonds is 5. The maximum Gasteiger partial charge on any atom is 0.0794 e. The smallest absolute Gasteiger partial charge is 0.0794 e. The monoisotopic (exact) mass is 236 g/mol. The molecule has 5 heteroatoms. The molecule has 0 saturated heterocycles. The van der Waals surface area contributed by atoms with Crippen LogP contribution >= 0.6 is 11.3 Å². The molecule has 16 heavy (non-hydrogen) atoms. The number of nitrogens with zero attached hydrogens (tertiary/aromatic N) is 3. The van der Waals surface area contributed by atoms with Gasteiger partial charge in [0, 0.05) is 35.4 Å². The largest absolute Gasteiger partial charge is 0.310 e. The minimum Gasteiger partial charge on any atom is -0.310 e. The number of hydrogen-bond donors (Lipinski definition) is 1. The van der Waals surface area contributed by atoms with Gasteiger partial charge in [-0.3, -0.25) is 9.67 Å². The second-order valence-corrected chi connectivity index (χ2v) is 5.02. The van der Waals surface area contributed by atoms with E-state index in [-0.39, 0.29) is 0 Å². The van der Waals surface area contributed by atoms with E-state index in [2.05, 4.69) is 35.4 Å². The molecule has 2 aromatic heterocycles. The van der Waals surface area contributed by atoms with Crippen LogP contribution < -0.4 is 5.32 Å². The van der Waals surface area contributed by atoms with Crippen LogP contribution in [0.2, 0.25) is 0 Å². The van der Waals surface area contributed by atoms with Crippen LogP contribution in [-0.2, 0) is 13.1 Å². The Balaban J connectivity index is 1.92. The van der Waals surface area contributed by atoms with E-state index < -0.39 is 0 Å². The van der Waals surface area contributed by atoms with Gasteiger partial charge in [-0.15, -0.1) is 11.3 Å². The summed E-state index contributed by atoms with van der Waals surface area (Å²) < 4.78 is 1.95. The lowest BCUT2D eigenvalue weighted by molar-refractivity contribution is 0.588. The van der Waals surface area contributed by atoms with E-state index in [0.29, 0.717) is 6.04 Å². The molecule has 0 aliphatic carbocycles. The molecule has 0 spiro atoms. The number of nitrogens with one attached hydrogen (secondary N) is 1. The fourth-order valence-electron chi connectivity index (χ4n) is 1.39. The molecule has 0 aromatic carbocycles. The summed E-state index contributed by atoms with van der Waals surface area (Å²) in [6.07, 6.45) is 5.88. The van der Waals surface area contributed by atoms with Gasteiger partial charge in [0.25, 0.3) is 0 Å². The summed E-state index contributed by atoms with van der Waals surface area (Å²) in [4.78, 5) is 5.28. The molecular formula is C11H16N4S. The van der Waals surface area contributed by atoms with Gasteiger partial charge < -0.3 is 5.32 Å². The Kier molecular flexibility index (Phi) is 3.69. The lowest BCUT2D eigenvalue weighted by Crippen LogP contribution is -2.21. The molecule has 86 valence electrons.